The number of nitrogens with two attached hydrogens (primary N) is 1. The number of hydrogen-bond acceptors (Lipinski definition) is 3. The normalized spacial score (nSPS) is 10.3. The Labute approximate surface area is 120 Å². The topological polar surface area (TPSA) is 68.0 Å². The van der Waals surface area contributed by atoms with Crippen LogP contribution >= 0.6 is 23.2 Å². The fourth-order valence-electron chi connectivity index (χ4n) is 1.55. The fourth-order valence-corrected chi connectivity index (χ4v) is 2.02. The van der Waals surface area contributed by atoms with E-state index in [1.807, 2.05) is 6.92 Å². The van der Waals surface area contributed by atoms with Crippen LogP contribution in [0.25, 0.3) is 0 Å². The molecule has 6 heteroatoms. The minimum atomic E-state index is -0.451. The highest BCUT2D eigenvalue weighted by Crippen LogP contribution is 2.33. The monoisotopic (exact) mass is 295 g/mol. The van der Waals surface area contributed by atoms with Gasteiger partial charge in [-0.25, -0.2) is 4.98 Å². The van der Waals surface area contributed by atoms with Gasteiger partial charge >= 0.3 is 0 Å². The van der Waals surface area contributed by atoms with Gasteiger partial charge in [0.15, 0.2) is 5.69 Å². The lowest BCUT2D eigenvalue weighted by Crippen LogP contribution is -2.16. The number of benzene rings is 1. The summed E-state index contributed by atoms with van der Waals surface area (Å²) in [6.45, 7) is 1.82. The predicted octanol–water partition coefficient (Wildman–Crippen LogP) is 3.53. The summed E-state index contributed by atoms with van der Waals surface area (Å²) < 4.78 is 0. The molecule has 1 amide bonds. The second-order valence-electron chi connectivity index (χ2n) is 3.95. The molecule has 0 saturated heterocycles. The zero-order valence-electron chi connectivity index (χ0n) is 10.1. The zero-order chi connectivity index (χ0) is 14.0. The summed E-state index contributed by atoms with van der Waals surface area (Å²) in [5.41, 5.74) is 7.29. The third-order valence-corrected chi connectivity index (χ3v) is 3.38. The third-order valence-electron chi connectivity index (χ3n) is 2.58. The van der Waals surface area contributed by atoms with Crippen LogP contribution in [0.4, 0.5) is 11.4 Å². The number of carbonyl (C=O) groups excluding carboxylic acids is 1. The first-order chi connectivity index (χ1) is 9.00. The third kappa shape index (κ3) is 2.80. The maximum absolute atomic E-state index is 12.1. The first-order valence-electron chi connectivity index (χ1n) is 5.47. The van der Waals surface area contributed by atoms with E-state index in [0.717, 1.165) is 5.56 Å². The molecule has 0 aliphatic rings. The van der Waals surface area contributed by atoms with Crippen LogP contribution in [0.5, 0.6) is 0 Å². The van der Waals surface area contributed by atoms with Gasteiger partial charge in [0.05, 0.1) is 21.4 Å². The fraction of sp³-hybridized carbons (Fsp3) is 0.0769. The number of amides is 1. The van der Waals surface area contributed by atoms with Crippen molar-refractivity contribution in [2.24, 2.45) is 0 Å². The van der Waals surface area contributed by atoms with Crippen LogP contribution in [0.15, 0.2) is 30.5 Å². The summed E-state index contributed by atoms with van der Waals surface area (Å²) in [5.74, 6) is -0.451. The highest BCUT2D eigenvalue weighted by molar-refractivity contribution is 6.40. The van der Waals surface area contributed by atoms with Gasteiger partial charge in [0.1, 0.15) is 0 Å². The number of nitrogens with zero attached hydrogens (tertiary/aromatic N) is 1. The quantitative estimate of drug-likeness (QED) is 0.890. The van der Waals surface area contributed by atoms with Crippen LogP contribution in [0.2, 0.25) is 10.0 Å². The largest absolute Gasteiger partial charge is 0.397 e. The SMILES string of the molecule is Cc1ccc(Cl)c(NC(=O)c2ncccc2N)c1Cl. The molecule has 98 valence electrons. The Bertz CT molecular complexity index is 644. The van der Waals surface area contributed by atoms with Crippen molar-refractivity contribution < 1.29 is 4.79 Å². The molecule has 0 radical (unpaired) electrons. The smallest absolute Gasteiger partial charge is 0.276 e. The van der Waals surface area contributed by atoms with Crippen molar-refractivity contribution in [3.05, 3.63) is 51.8 Å². The predicted molar refractivity (Wildman–Crippen MR) is 77.8 cm³/mol. The molecule has 0 aliphatic heterocycles. The van der Waals surface area contributed by atoms with Crippen LogP contribution < -0.4 is 11.1 Å². The average molecular weight is 296 g/mol. The number of halogens is 2. The van der Waals surface area contributed by atoms with E-state index >= 15 is 0 Å². The molecule has 1 aromatic carbocycles. The molecule has 0 fully saturated rings. The molecular weight excluding hydrogens is 285 g/mol. The summed E-state index contributed by atoms with van der Waals surface area (Å²) in [4.78, 5) is 16.0. The Kier molecular flexibility index (Phi) is 3.93. The molecule has 2 rings (SSSR count). The number of aromatic nitrogens is 1. The molecule has 3 N–H and O–H groups in total. The van der Waals surface area contributed by atoms with Gasteiger partial charge in [-0.15, -0.1) is 0 Å². The lowest BCUT2D eigenvalue weighted by Gasteiger charge is -2.11. The van der Waals surface area contributed by atoms with E-state index in [-0.39, 0.29) is 5.69 Å². The number of rotatable bonds is 2. The number of hydrogen-bond donors (Lipinski definition) is 2. The molecule has 2 aromatic rings. The van der Waals surface area contributed by atoms with Gasteiger partial charge in [-0.1, -0.05) is 29.3 Å². The van der Waals surface area contributed by atoms with Gasteiger partial charge in [0, 0.05) is 6.20 Å². The number of nitrogens with one attached hydrogen (secondary N) is 1. The average Bonchev–Trinajstić information content (AvgIpc) is 2.39. The van der Waals surface area contributed by atoms with E-state index in [9.17, 15) is 4.79 Å². The van der Waals surface area contributed by atoms with Crippen molar-refractivity contribution in [1.82, 2.24) is 4.98 Å². The van der Waals surface area contributed by atoms with Crippen molar-refractivity contribution in [3.8, 4) is 0 Å². The molecule has 0 saturated carbocycles. The van der Waals surface area contributed by atoms with Crippen molar-refractivity contribution >= 4 is 40.5 Å². The molecule has 0 aliphatic carbocycles. The molecule has 4 nitrogen and oxygen atoms in total. The molecule has 1 heterocycles. The second-order valence-corrected chi connectivity index (χ2v) is 4.73. The minimum Gasteiger partial charge on any atom is -0.397 e. The number of carbonyl (C=O) groups is 1. The van der Waals surface area contributed by atoms with Crippen molar-refractivity contribution in [2.45, 2.75) is 6.92 Å². The number of nitrogen functional groups attached to an aromatic ring is 1. The van der Waals surface area contributed by atoms with E-state index in [0.29, 0.717) is 21.4 Å². The zero-order valence-corrected chi connectivity index (χ0v) is 11.6. The first-order valence-corrected chi connectivity index (χ1v) is 6.22. The first kappa shape index (κ1) is 13.6. The van der Waals surface area contributed by atoms with E-state index < -0.39 is 5.91 Å². The summed E-state index contributed by atoms with van der Waals surface area (Å²) in [6.07, 6.45) is 1.49. The van der Waals surface area contributed by atoms with Crippen LogP contribution in [-0.2, 0) is 0 Å². The van der Waals surface area contributed by atoms with Gasteiger partial charge < -0.3 is 11.1 Å². The second kappa shape index (κ2) is 5.47. The Hall–Kier alpha value is -1.78. The Morgan fingerprint density at radius 1 is 1.32 bits per heavy atom. The van der Waals surface area contributed by atoms with E-state index in [4.69, 9.17) is 28.9 Å². The van der Waals surface area contributed by atoms with Crippen molar-refractivity contribution in [3.63, 3.8) is 0 Å². The Morgan fingerprint density at radius 3 is 2.74 bits per heavy atom. The van der Waals surface area contributed by atoms with Gasteiger partial charge in [-0.2, -0.15) is 0 Å². The lowest BCUT2D eigenvalue weighted by atomic mass is 10.2. The lowest BCUT2D eigenvalue weighted by molar-refractivity contribution is 0.102. The van der Waals surface area contributed by atoms with E-state index in [2.05, 4.69) is 10.3 Å². The number of anilines is 2. The summed E-state index contributed by atoms with van der Waals surface area (Å²) in [7, 11) is 0. The minimum absolute atomic E-state index is 0.135. The van der Waals surface area contributed by atoms with Gasteiger partial charge in [-0.3, -0.25) is 4.79 Å². The maximum Gasteiger partial charge on any atom is 0.276 e. The van der Waals surface area contributed by atoms with Gasteiger partial charge in [0.25, 0.3) is 5.91 Å². The van der Waals surface area contributed by atoms with Crippen LogP contribution in [0.3, 0.4) is 0 Å². The Balaban J connectivity index is 2.35. The standard InChI is InChI=1S/C13H11Cl2N3O/c1-7-4-5-8(14)11(10(7)15)18-13(19)12-9(16)3-2-6-17-12/h2-6H,16H2,1H3,(H,18,19). The molecule has 1 aromatic heterocycles. The summed E-state index contributed by atoms with van der Waals surface area (Å²) >= 11 is 12.1. The van der Waals surface area contributed by atoms with Crippen LogP contribution in [-0.4, -0.2) is 10.9 Å². The van der Waals surface area contributed by atoms with E-state index in [1.165, 1.54) is 6.20 Å². The maximum atomic E-state index is 12.1. The van der Waals surface area contributed by atoms with Crippen molar-refractivity contribution in [1.29, 1.82) is 0 Å². The van der Waals surface area contributed by atoms with E-state index in [1.54, 1.807) is 24.3 Å². The van der Waals surface area contributed by atoms with Crippen LogP contribution in [0.1, 0.15) is 16.1 Å². The van der Waals surface area contributed by atoms with Gasteiger partial charge in [0.2, 0.25) is 0 Å². The summed E-state index contributed by atoms with van der Waals surface area (Å²) in [6, 6.07) is 6.69. The van der Waals surface area contributed by atoms with Gasteiger partial charge in [-0.05, 0) is 30.7 Å². The number of aryl methyl sites for hydroxylation is 1. The molecular formula is C13H11Cl2N3O. The highest BCUT2D eigenvalue weighted by atomic mass is 35.5. The highest BCUT2D eigenvalue weighted by Gasteiger charge is 2.15. The van der Waals surface area contributed by atoms with Crippen molar-refractivity contribution in [2.75, 3.05) is 11.1 Å². The molecule has 0 unspecified atom stereocenters. The molecule has 0 bridgehead atoms. The Morgan fingerprint density at radius 2 is 2.05 bits per heavy atom. The summed E-state index contributed by atoms with van der Waals surface area (Å²) in [5, 5.41) is 3.39. The molecule has 19 heavy (non-hydrogen) atoms. The molecule has 0 atom stereocenters. The van der Waals surface area contributed by atoms with Crippen LogP contribution in [0, 0.1) is 6.92 Å². The number of pyridine rings is 1. The molecule has 0 spiro atoms.